The molecule has 1 aromatic rings. The maximum absolute atomic E-state index is 11.8. The first kappa shape index (κ1) is 18.0. The zero-order chi connectivity index (χ0) is 15.7. The van der Waals surface area contributed by atoms with Gasteiger partial charge in [-0.1, -0.05) is 48.7 Å². The predicted octanol–water partition coefficient (Wildman–Crippen LogP) is 3.92. The Hall–Kier alpha value is -1.03. The number of rotatable bonds is 8. The minimum Gasteiger partial charge on any atom is -0.396 e. The van der Waals surface area contributed by atoms with Gasteiger partial charge in [0, 0.05) is 19.2 Å². The van der Waals surface area contributed by atoms with Crippen molar-refractivity contribution in [3.8, 4) is 0 Å². The summed E-state index contributed by atoms with van der Waals surface area (Å²) in [5.74, 6) is 0.136. The van der Waals surface area contributed by atoms with E-state index < -0.39 is 0 Å². The molecule has 0 radical (unpaired) electrons. The van der Waals surface area contributed by atoms with Crippen LogP contribution in [0.3, 0.4) is 0 Å². The average molecular weight is 330 g/mol. The van der Waals surface area contributed by atoms with Gasteiger partial charge in [0.05, 0.1) is 10.0 Å². The van der Waals surface area contributed by atoms with Gasteiger partial charge in [-0.05, 0) is 36.5 Å². The molecule has 0 saturated carbocycles. The van der Waals surface area contributed by atoms with Crippen LogP contribution in [0.5, 0.6) is 0 Å². The molecule has 116 valence electrons. The molecule has 5 heteroatoms. The fraction of sp³-hybridized carbons (Fsp3) is 0.438. The van der Waals surface area contributed by atoms with Gasteiger partial charge in [0.1, 0.15) is 0 Å². The zero-order valence-corrected chi connectivity index (χ0v) is 13.6. The molecular formula is C16H21Cl2NO2. The van der Waals surface area contributed by atoms with Crippen molar-refractivity contribution >= 4 is 35.2 Å². The normalized spacial score (nSPS) is 12.6. The van der Waals surface area contributed by atoms with E-state index in [4.69, 9.17) is 28.3 Å². The van der Waals surface area contributed by atoms with Crippen molar-refractivity contribution in [2.45, 2.75) is 26.2 Å². The number of hydrogen-bond acceptors (Lipinski definition) is 2. The van der Waals surface area contributed by atoms with Gasteiger partial charge < -0.3 is 10.4 Å². The van der Waals surface area contributed by atoms with Crippen molar-refractivity contribution in [1.29, 1.82) is 0 Å². The molecule has 1 aromatic carbocycles. The molecule has 1 rings (SSSR count). The number of carbonyl (C=O) groups excluding carboxylic acids is 1. The molecule has 1 atom stereocenters. The first-order chi connectivity index (χ1) is 10.1. The third-order valence-corrected chi connectivity index (χ3v) is 4.03. The first-order valence-corrected chi connectivity index (χ1v) is 7.84. The summed E-state index contributed by atoms with van der Waals surface area (Å²) in [5.41, 5.74) is 0.708. The Balaban J connectivity index is 2.52. The largest absolute Gasteiger partial charge is 0.396 e. The van der Waals surface area contributed by atoms with Crippen molar-refractivity contribution in [2.75, 3.05) is 13.2 Å². The molecule has 0 saturated heterocycles. The maximum atomic E-state index is 11.8. The van der Waals surface area contributed by atoms with E-state index in [1.165, 1.54) is 6.08 Å². The fourth-order valence-electron chi connectivity index (χ4n) is 2.06. The summed E-state index contributed by atoms with van der Waals surface area (Å²) < 4.78 is 0. The SMILES string of the molecule is CCCC(CCO)CNC(=O)/C=C/c1cccc(Cl)c1Cl. The van der Waals surface area contributed by atoms with E-state index in [0.29, 0.717) is 34.5 Å². The van der Waals surface area contributed by atoms with Gasteiger partial charge in [0.2, 0.25) is 5.91 Å². The molecule has 2 N–H and O–H groups in total. The first-order valence-electron chi connectivity index (χ1n) is 7.09. The monoisotopic (exact) mass is 329 g/mol. The summed E-state index contributed by atoms with van der Waals surface area (Å²) in [6, 6.07) is 5.28. The molecule has 0 aliphatic carbocycles. The van der Waals surface area contributed by atoms with Crippen LogP contribution >= 0.6 is 23.2 Å². The number of amides is 1. The Bertz CT molecular complexity index is 483. The van der Waals surface area contributed by atoms with Gasteiger partial charge in [-0.25, -0.2) is 0 Å². The van der Waals surface area contributed by atoms with Crippen molar-refractivity contribution in [1.82, 2.24) is 5.32 Å². The Morgan fingerprint density at radius 3 is 2.81 bits per heavy atom. The van der Waals surface area contributed by atoms with E-state index in [2.05, 4.69) is 12.2 Å². The average Bonchev–Trinajstić information content (AvgIpc) is 2.47. The highest BCUT2D eigenvalue weighted by molar-refractivity contribution is 6.42. The van der Waals surface area contributed by atoms with Crippen LogP contribution in [-0.4, -0.2) is 24.2 Å². The molecule has 0 bridgehead atoms. The van der Waals surface area contributed by atoms with Gasteiger partial charge in [-0.15, -0.1) is 0 Å². The topological polar surface area (TPSA) is 49.3 Å². The van der Waals surface area contributed by atoms with Crippen LogP contribution in [0, 0.1) is 5.92 Å². The van der Waals surface area contributed by atoms with Crippen LogP contribution in [0.1, 0.15) is 31.7 Å². The molecule has 0 heterocycles. The lowest BCUT2D eigenvalue weighted by Gasteiger charge is -2.14. The van der Waals surface area contributed by atoms with Gasteiger partial charge in [-0.2, -0.15) is 0 Å². The van der Waals surface area contributed by atoms with Gasteiger partial charge in [0.25, 0.3) is 0 Å². The van der Waals surface area contributed by atoms with E-state index >= 15 is 0 Å². The Kier molecular flexibility index (Phi) is 8.43. The summed E-state index contributed by atoms with van der Waals surface area (Å²) in [6.07, 6.45) is 5.82. The second-order valence-electron chi connectivity index (χ2n) is 4.89. The van der Waals surface area contributed by atoms with Crippen LogP contribution in [0.25, 0.3) is 6.08 Å². The number of carbonyl (C=O) groups is 1. The van der Waals surface area contributed by atoms with Crippen molar-refractivity contribution in [3.63, 3.8) is 0 Å². The third kappa shape index (κ3) is 6.51. The van der Waals surface area contributed by atoms with Crippen molar-refractivity contribution < 1.29 is 9.90 Å². The lowest BCUT2D eigenvalue weighted by Crippen LogP contribution is -2.28. The predicted molar refractivity (Wildman–Crippen MR) is 88.6 cm³/mol. The van der Waals surface area contributed by atoms with E-state index in [1.54, 1.807) is 24.3 Å². The fourth-order valence-corrected chi connectivity index (χ4v) is 2.43. The van der Waals surface area contributed by atoms with Gasteiger partial charge in [0.15, 0.2) is 0 Å². The molecule has 0 fully saturated rings. The molecule has 1 amide bonds. The third-order valence-electron chi connectivity index (χ3n) is 3.19. The minimum absolute atomic E-state index is 0.147. The van der Waals surface area contributed by atoms with Crippen LogP contribution in [0.4, 0.5) is 0 Å². The Labute approximate surface area is 136 Å². The number of aliphatic hydroxyl groups excluding tert-OH is 1. The quantitative estimate of drug-likeness (QED) is 0.710. The number of halogens is 2. The van der Waals surface area contributed by atoms with Gasteiger partial charge >= 0.3 is 0 Å². The van der Waals surface area contributed by atoms with Crippen LogP contribution in [-0.2, 0) is 4.79 Å². The molecular weight excluding hydrogens is 309 g/mol. The minimum atomic E-state index is -0.176. The highest BCUT2D eigenvalue weighted by Gasteiger charge is 2.08. The number of nitrogens with one attached hydrogen (secondary N) is 1. The molecule has 0 aliphatic heterocycles. The molecule has 0 aliphatic rings. The zero-order valence-electron chi connectivity index (χ0n) is 12.1. The van der Waals surface area contributed by atoms with E-state index in [9.17, 15) is 4.79 Å². The Morgan fingerprint density at radius 2 is 2.14 bits per heavy atom. The summed E-state index contributed by atoms with van der Waals surface area (Å²) in [5, 5.41) is 12.7. The van der Waals surface area contributed by atoms with E-state index in [-0.39, 0.29) is 12.5 Å². The van der Waals surface area contributed by atoms with Crippen LogP contribution in [0.2, 0.25) is 10.0 Å². The Morgan fingerprint density at radius 1 is 1.38 bits per heavy atom. The molecule has 0 aromatic heterocycles. The van der Waals surface area contributed by atoms with Crippen LogP contribution < -0.4 is 5.32 Å². The van der Waals surface area contributed by atoms with Gasteiger partial charge in [-0.3, -0.25) is 4.79 Å². The van der Waals surface area contributed by atoms with E-state index in [0.717, 1.165) is 12.8 Å². The van der Waals surface area contributed by atoms with Crippen LogP contribution in [0.15, 0.2) is 24.3 Å². The molecule has 0 spiro atoms. The number of hydrogen-bond donors (Lipinski definition) is 2. The summed E-state index contributed by atoms with van der Waals surface area (Å²) in [4.78, 5) is 11.8. The maximum Gasteiger partial charge on any atom is 0.244 e. The number of benzene rings is 1. The molecule has 3 nitrogen and oxygen atoms in total. The standard InChI is InChI=1S/C16H21Cl2NO2/c1-2-4-12(9-10-20)11-19-15(21)8-7-13-5-3-6-14(17)16(13)18/h3,5-8,12,20H,2,4,9-11H2,1H3,(H,19,21)/b8-7+. The molecule has 1 unspecified atom stereocenters. The number of aliphatic hydroxyl groups is 1. The van der Waals surface area contributed by atoms with Crippen molar-refractivity contribution in [3.05, 3.63) is 39.9 Å². The summed E-state index contributed by atoms with van der Waals surface area (Å²) >= 11 is 12.0. The smallest absolute Gasteiger partial charge is 0.244 e. The lowest BCUT2D eigenvalue weighted by molar-refractivity contribution is -0.116. The second kappa shape index (κ2) is 9.82. The highest BCUT2D eigenvalue weighted by atomic mass is 35.5. The lowest BCUT2D eigenvalue weighted by atomic mass is 10.0. The summed E-state index contributed by atoms with van der Waals surface area (Å²) in [7, 11) is 0. The highest BCUT2D eigenvalue weighted by Crippen LogP contribution is 2.26. The van der Waals surface area contributed by atoms with E-state index in [1.807, 2.05) is 0 Å². The second-order valence-corrected chi connectivity index (χ2v) is 5.67. The van der Waals surface area contributed by atoms with Crippen molar-refractivity contribution in [2.24, 2.45) is 5.92 Å². The molecule has 21 heavy (non-hydrogen) atoms. The summed E-state index contributed by atoms with van der Waals surface area (Å²) in [6.45, 7) is 2.81.